The second-order valence-corrected chi connectivity index (χ2v) is 13.9. The Morgan fingerprint density at radius 1 is 1.11 bits per heavy atom. The van der Waals surface area contributed by atoms with Crippen molar-refractivity contribution in [1.82, 2.24) is 28.9 Å². The first-order chi connectivity index (χ1) is 21.9. The van der Waals surface area contributed by atoms with Crippen molar-refractivity contribution in [2.45, 2.75) is 68.7 Å². The van der Waals surface area contributed by atoms with Crippen molar-refractivity contribution in [3.8, 4) is 5.69 Å². The maximum atomic E-state index is 14.5. The second kappa shape index (κ2) is 11.0. The number of carbonyl (C=O) groups is 1. The highest BCUT2D eigenvalue weighted by atomic mass is 32.2. The van der Waals surface area contributed by atoms with Crippen LogP contribution in [0.2, 0.25) is 0 Å². The van der Waals surface area contributed by atoms with E-state index in [9.17, 15) is 30.8 Å². The number of nitrogens with zero attached hydrogens (tertiary/aromatic N) is 6. The molecular weight excluding hydrogens is 624 g/mol. The van der Waals surface area contributed by atoms with E-state index in [0.717, 1.165) is 31.2 Å². The summed E-state index contributed by atoms with van der Waals surface area (Å²) >= 11 is 0. The number of fused-ring (bicyclic) bond motifs is 2. The van der Waals surface area contributed by atoms with E-state index in [1.165, 1.54) is 22.5 Å². The summed E-state index contributed by atoms with van der Waals surface area (Å²) in [6, 6.07) is 8.38. The van der Waals surface area contributed by atoms with Crippen molar-refractivity contribution >= 4 is 21.9 Å². The van der Waals surface area contributed by atoms with Gasteiger partial charge in [-0.25, -0.2) is 17.5 Å². The minimum absolute atomic E-state index is 0.0349. The van der Waals surface area contributed by atoms with Gasteiger partial charge < -0.3 is 0 Å². The predicted octanol–water partition coefficient (Wildman–Crippen LogP) is 6.03. The molecule has 3 aliphatic carbocycles. The van der Waals surface area contributed by atoms with E-state index in [-0.39, 0.29) is 36.1 Å². The molecule has 3 heterocycles. The molecular formula is C32H30F4N6O3S. The zero-order valence-corrected chi connectivity index (χ0v) is 25.6. The van der Waals surface area contributed by atoms with Gasteiger partial charge in [0, 0.05) is 25.0 Å². The first kappa shape index (κ1) is 30.5. The van der Waals surface area contributed by atoms with Crippen LogP contribution in [-0.2, 0) is 22.6 Å². The molecule has 2 atom stereocenters. The highest BCUT2D eigenvalue weighted by molar-refractivity contribution is 7.89. The lowest BCUT2D eigenvalue weighted by Crippen LogP contribution is -2.50. The lowest BCUT2D eigenvalue weighted by atomic mass is 9.60. The van der Waals surface area contributed by atoms with Crippen LogP contribution in [0.15, 0.2) is 71.7 Å². The number of pyridine rings is 1. The molecule has 4 aromatic rings. The van der Waals surface area contributed by atoms with E-state index < -0.39 is 44.8 Å². The van der Waals surface area contributed by atoms with Crippen molar-refractivity contribution in [1.29, 1.82) is 0 Å². The van der Waals surface area contributed by atoms with Crippen LogP contribution in [-0.4, -0.2) is 55.6 Å². The van der Waals surface area contributed by atoms with Crippen molar-refractivity contribution < 1.29 is 30.8 Å². The van der Waals surface area contributed by atoms with Crippen molar-refractivity contribution in [3.63, 3.8) is 0 Å². The molecule has 14 heteroatoms. The number of carbonyl (C=O) groups excluding carboxylic acids is 1. The molecule has 3 aliphatic rings. The number of allylic oxidation sites excluding steroid dienone is 1. The van der Waals surface area contributed by atoms with Crippen LogP contribution >= 0.6 is 0 Å². The molecule has 0 N–H and O–H groups in total. The number of aromatic nitrogens is 5. The Morgan fingerprint density at radius 3 is 2.57 bits per heavy atom. The maximum absolute atomic E-state index is 14.5. The summed E-state index contributed by atoms with van der Waals surface area (Å²) in [7, 11) is -4.05. The summed E-state index contributed by atoms with van der Waals surface area (Å²) in [6.07, 6.45) is 4.03. The predicted molar refractivity (Wildman–Crippen MR) is 159 cm³/mol. The van der Waals surface area contributed by atoms with Crippen molar-refractivity contribution in [3.05, 3.63) is 95.0 Å². The van der Waals surface area contributed by atoms with Crippen molar-refractivity contribution in [2.24, 2.45) is 5.41 Å². The topological polar surface area (TPSA) is 103 Å². The maximum Gasteiger partial charge on any atom is 0.416 e. The Kier molecular flexibility index (Phi) is 7.27. The second-order valence-electron chi connectivity index (χ2n) is 12.1. The molecule has 7 rings (SSSR count). The number of halogens is 4. The number of Topliss-reactive ketones (excluding diaryl/α,β-unsaturated/α-hetero) is 1. The molecule has 0 spiro atoms. The summed E-state index contributed by atoms with van der Waals surface area (Å²) in [5.74, 6) is -1.02. The molecule has 46 heavy (non-hydrogen) atoms. The molecule has 0 radical (unpaired) electrons. The van der Waals surface area contributed by atoms with Crippen LogP contribution in [0.3, 0.4) is 0 Å². The van der Waals surface area contributed by atoms with E-state index in [4.69, 9.17) is 0 Å². The zero-order chi connectivity index (χ0) is 32.4. The van der Waals surface area contributed by atoms with Crippen LogP contribution in [0.4, 0.5) is 17.6 Å². The molecule has 2 fully saturated rings. The van der Waals surface area contributed by atoms with Gasteiger partial charge in [0.2, 0.25) is 0 Å². The summed E-state index contributed by atoms with van der Waals surface area (Å²) in [6.45, 7) is 1.83. The van der Waals surface area contributed by atoms with E-state index >= 15 is 0 Å². The van der Waals surface area contributed by atoms with E-state index in [1.54, 1.807) is 40.8 Å². The van der Waals surface area contributed by atoms with Gasteiger partial charge in [-0.3, -0.25) is 14.5 Å². The van der Waals surface area contributed by atoms with E-state index in [1.807, 2.05) is 6.08 Å². The number of hydrogen-bond donors (Lipinski definition) is 0. The molecule has 1 aromatic carbocycles. The Labute approximate surface area is 262 Å². The normalized spacial score (nSPS) is 21.5. The first-order valence-electron chi connectivity index (χ1n) is 15.1. The smallest absolute Gasteiger partial charge is 0.291 e. The van der Waals surface area contributed by atoms with Gasteiger partial charge in [-0.15, -0.1) is 0 Å². The van der Waals surface area contributed by atoms with E-state index in [2.05, 4.69) is 15.2 Å². The highest BCUT2D eigenvalue weighted by Gasteiger charge is 2.52. The molecule has 0 aliphatic heterocycles. The molecule has 0 saturated heterocycles. The number of rotatable bonds is 8. The van der Waals surface area contributed by atoms with Gasteiger partial charge in [0.15, 0.2) is 10.8 Å². The van der Waals surface area contributed by atoms with Crippen LogP contribution in [0.1, 0.15) is 72.4 Å². The first-order valence-corrected chi connectivity index (χ1v) is 16.5. The fourth-order valence-corrected chi connectivity index (χ4v) is 8.42. The van der Waals surface area contributed by atoms with Gasteiger partial charge in [0.1, 0.15) is 11.5 Å². The summed E-state index contributed by atoms with van der Waals surface area (Å²) in [5, 5.41) is 8.76. The highest BCUT2D eigenvalue weighted by Crippen LogP contribution is 2.51. The average Bonchev–Trinajstić information content (AvgIpc) is 3.61. The molecule has 240 valence electrons. The summed E-state index contributed by atoms with van der Waals surface area (Å²) in [5.41, 5.74) is -0.125. The number of hydrogen-bond acceptors (Lipinski definition) is 6. The third-order valence-electron chi connectivity index (χ3n) is 9.26. The van der Waals surface area contributed by atoms with Gasteiger partial charge in [0.25, 0.3) is 10.0 Å². The molecule has 3 aromatic heterocycles. The van der Waals surface area contributed by atoms with E-state index in [0.29, 0.717) is 35.4 Å². The Bertz CT molecular complexity index is 1960. The minimum atomic E-state index is -4.68. The molecule has 2 saturated carbocycles. The zero-order valence-electron chi connectivity index (χ0n) is 24.8. The van der Waals surface area contributed by atoms with Crippen LogP contribution in [0, 0.1) is 11.2 Å². The number of benzene rings is 1. The van der Waals surface area contributed by atoms with Gasteiger partial charge in [-0.1, -0.05) is 12.5 Å². The largest absolute Gasteiger partial charge is 0.416 e. The lowest BCUT2D eigenvalue weighted by Gasteiger charge is -2.46. The Hall–Kier alpha value is -4.17. The Balaban J connectivity index is 1.30. The minimum Gasteiger partial charge on any atom is -0.291 e. The van der Waals surface area contributed by atoms with Gasteiger partial charge in [-0.2, -0.15) is 27.7 Å². The summed E-state index contributed by atoms with van der Waals surface area (Å²) in [4.78, 5) is 18.6. The average molecular weight is 655 g/mol. The van der Waals surface area contributed by atoms with Crippen molar-refractivity contribution in [2.75, 3.05) is 6.54 Å². The lowest BCUT2D eigenvalue weighted by molar-refractivity contribution is -0.137. The third kappa shape index (κ3) is 5.16. The Morgan fingerprint density at radius 2 is 1.87 bits per heavy atom. The van der Waals surface area contributed by atoms with Gasteiger partial charge >= 0.3 is 6.18 Å². The standard InChI is InChI=1S/C32H30F4N6O3S/c1-2-41(46(44,45)29-12-14-40(39-29)24-9-10-24)26-6-3-21-16-28-20(19-38-42(28)25-7-4-23(33)5-8-25)17-31(21,18-26)30(43)27-15-22(11-13-37-27)32(34,35)36/h4-5,7-8,11-16,19,24,26H,2-3,6,9-10,17-18H2,1H3/t26-,31-/m0/s1. The van der Waals surface area contributed by atoms with Gasteiger partial charge in [-0.05, 0) is 92.6 Å². The SMILES string of the molecule is CCN([C@H]1CCC2=Cc3c(cnn3-c3ccc(F)cc3)C[C@]2(C(=O)c2cc(C(F)(F)F)ccn2)C1)S(=O)(=O)c1ccn(C2CC2)n1. The molecule has 0 unspecified atom stereocenters. The van der Waals surface area contributed by atoms with Gasteiger partial charge in [0.05, 0.1) is 34.6 Å². The fraction of sp³-hybridized carbons (Fsp3) is 0.375. The third-order valence-corrected chi connectivity index (χ3v) is 11.2. The number of sulfonamides is 1. The van der Waals surface area contributed by atoms with Crippen LogP contribution in [0.25, 0.3) is 11.8 Å². The number of alkyl halides is 3. The quantitative estimate of drug-likeness (QED) is 0.170. The monoisotopic (exact) mass is 654 g/mol. The fourth-order valence-electron chi connectivity index (χ4n) is 6.84. The van der Waals surface area contributed by atoms with Crippen LogP contribution in [0.5, 0.6) is 0 Å². The molecule has 0 bridgehead atoms. The summed E-state index contributed by atoms with van der Waals surface area (Å²) < 4.78 is 87.2. The van der Waals surface area contributed by atoms with Crippen LogP contribution < -0.4 is 0 Å². The molecule has 0 amide bonds. The molecule has 9 nitrogen and oxygen atoms in total. The number of ketones is 1.